The molecule has 3 rings (SSSR count). The SMILES string of the molecule is COCCNc1c(C)c(C)nc2cc(-c3nccn3C)nn12. The molecule has 0 saturated carbocycles. The van der Waals surface area contributed by atoms with Crippen molar-refractivity contribution in [2.75, 3.05) is 25.6 Å². The molecule has 0 amide bonds. The molecule has 0 aliphatic heterocycles. The summed E-state index contributed by atoms with van der Waals surface area (Å²) in [4.78, 5) is 8.97. The molecule has 0 aromatic carbocycles. The molecule has 0 saturated heterocycles. The molecular weight excluding hydrogens is 280 g/mol. The second kappa shape index (κ2) is 5.76. The zero-order chi connectivity index (χ0) is 15.7. The first-order chi connectivity index (χ1) is 10.6. The maximum atomic E-state index is 5.10. The predicted molar refractivity (Wildman–Crippen MR) is 85.0 cm³/mol. The summed E-state index contributed by atoms with van der Waals surface area (Å²) in [5.74, 6) is 1.77. The van der Waals surface area contributed by atoms with Gasteiger partial charge in [-0.15, -0.1) is 0 Å². The van der Waals surface area contributed by atoms with E-state index in [1.54, 1.807) is 13.3 Å². The summed E-state index contributed by atoms with van der Waals surface area (Å²) in [5, 5.41) is 8.04. The van der Waals surface area contributed by atoms with Crippen LogP contribution in [0.5, 0.6) is 0 Å². The molecule has 116 valence electrons. The number of fused-ring (bicyclic) bond motifs is 1. The lowest BCUT2D eigenvalue weighted by atomic mass is 10.2. The number of ether oxygens (including phenoxy) is 1. The Hall–Kier alpha value is -2.41. The molecule has 3 aromatic heterocycles. The summed E-state index contributed by atoms with van der Waals surface area (Å²) >= 11 is 0. The van der Waals surface area contributed by atoms with Gasteiger partial charge in [0.15, 0.2) is 11.5 Å². The minimum atomic E-state index is 0.635. The molecule has 0 spiro atoms. The van der Waals surface area contributed by atoms with E-state index in [0.29, 0.717) is 13.2 Å². The first-order valence-corrected chi connectivity index (χ1v) is 7.19. The fraction of sp³-hybridized carbons (Fsp3) is 0.400. The lowest BCUT2D eigenvalue weighted by Crippen LogP contribution is -2.14. The van der Waals surface area contributed by atoms with Gasteiger partial charge in [0.05, 0.1) is 6.61 Å². The van der Waals surface area contributed by atoms with Crippen LogP contribution in [-0.4, -0.2) is 44.4 Å². The summed E-state index contributed by atoms with van der Waals surface area (Å²) in [6.07, 6.45) is 3.67. The van der Waals surface area contributed by atoms with Crippen molar-refractivity contribution in [1.82, 2.24) is 24.1 Å². The van der Waals surface area contributed by atoms with Crippen LogP contribution in [0.3, 0.4) is 0 Å². The molecule has 0 unspecified atom stereocenters. The van der Waals surface area contributed by atoms with Gasteiger partial charge in [0, 0.05) is 50.4 Å². The average molecular weight is 300 g/mol. The van der Waals surface area contributed by atoms with Crippen LogP contribution in [0.2, 0.25) is 0 Å². The maximum Gasteiger partial charge on any atom is 0.160 e. The molecular formula is C15H20N6O. The molecule has 0 bridgehead atoms. The molecule has 3 aromatic rings. The van der Waals surface area contributed by atoms with Gasteiger partial charge in [0.25, 0.3) is 0 Å². The highest BCUT2D eigenvalue weighted by molar-refractivity contribution is 5.62. The second-order valence-electron chi connectivity index (χ2n) is 5.25. The van der Waals surface area contributed by atoms with Gasteiger partial charge >= 0.3 is 0 Å². The van der Waals surface area contributed by atoms with E-state index in [1.807, 2.05) is 42.2 Å². The minimum absolute atomic E-state index is 0.635. The van der Waals surface area contributed by atoms with Gasteiger partial charge < -0.3 is 14.6 Å². The average Bonchev–Trinajstić information content (AvgIpc) is 3.09. The van der Waals surface area contributed by atoms with Crippen LogP contribution in [0.15, 0.2) is 18.5 Å². The molecule has 0 aliphatic rings. The molecule has 0 fully saturated rings. The highest BCUT2D eigenvalue weighted by Gasteiger charge is 2.15. The smallest absolute Gasteiger partial charge is 0.160 e. The summed E-state index contributed by atoms with van der Waals surface area (Å²) in [6.45, 7) is 5.40. The summed E-state index contributed by atoms with van der Waals surface area (Å²) in [7, 11) is 3.64. The van der Waals surface area contributed by atoms with E-state index in [-0.39, 0.29) is 0 Å². The topological polar surface area (TPSA) is 69.3 Å². The Morgan fingerprint density at radius 1 is 1.32 bits per heavy atom. The van der Waals surface area contributed by atoms with E-state index >= 15 is 0 Å². The van der Waals surface area contributed by atoms with Crippen LogP contribution >= 0.6 is 0 Å². The van der Waals surface area contributed by atoms with Gasteiger partial charge in [0.1, 0.15) is 11.5 Å². The van der Waals surface area contributed by atoms with Crippen molar-refractivity contribution in [2.45, 2.75) is 13.8 Å². The lowest BCUT2D eigenvalue weighted by Gasteiger charge is -2.12. The van der Waals surface area contributed by atoms with E-state index in [1.165, 1.54) is 0 Å². The van der Waals surface area contributed by atoms with Crippen LogP contribution in [0.1, 0.15) is 11.3 Å². The number of anilines is 1. The third-order valence-corrected chi connectivity index (χ3v) is 3.73. The number of hydrogen-bond donors (Lipinski definition) is 1. The third-order valence-electron chi connectivity index (χ3n) is 3.73. The van der Waals surface area contributed by atoms with Crippen molar-refractivity contribution in [2.24, 2.45) is 7.05 Å². The molecule has 22 heavy (non-hydrogen) atoms. The number of nitrogens with zero attached hydrogens (tertiary/aromatic N) is 5. The predicted octanol–water partition coefficient (Wildman–Crippen LogP) is 1.80. The summed E-state index contributed by atoms with van der Waals surface area (Å²) < 4.78 is 8.88. The summed E-state index contributed by atoms with van der Waals surface area (Å²) in [6, 6.07) is 1.95. The number of aromatic nitrogens is 5. The Morgan fingerprint density at radius 3 is 2.82 bits per heavy atom. The highest BCUT2D eigenvalue weighted by Crippen LogP contribution is 2.23. The Balaban J connectivity index is 2.10. The number of nitrogens with one attached hydrogen (secondary N) is 1. The van der Waals surface area contributed by atoms with Crippen LogP contribution in [0.4, 0.5) is 5.82 Å². The van der Waals surface area contributed by atoms with E-state index in [9.17, 15) is 0 Å². The van der Waals surface area contributed by atoms with Gasteiger partial charge in [0.2, 0.25) is 0 Å². The Bertz CT molecular complexity index is 804. The van der Waals surface area contributed by atoms with Gasteiger partial charge in [-0.1, -0.05) is 0 Å². The van der Waals surface area contributed by atoms with Crippen molar-refractivity contribution in [3.8, 4) is 11.5 Å². The largest absolute Gasteiger partial charge is 0.383 e. The van der Waals surface area contributed by atoms with Crippen LogP contribution in [-0.2, 0) is 11.8 Å². The van der Waals surface area contributed by atoms with E-state index in [0.717, 1.165) is 34.2 Å². The standard InChI is InChI=1S/C15H20N6O/c1-10-11(2)18-13-9-12(15-16-5-7-20(15)3)19-21(13)14(10)17-6-8-22-4/h5,7,9,17H,6,8H2,1-4H3. The fourth-order valence-corrected chi connectivity index (χ4v) is 2.40. The number of methoxy groups -OCH3 is 1. The molecule has 0 aliphatic carbocycles. The number of imidazole rings is 1. The molecule has 0 atom stereocenters. The second-order valence-corrected chi connectivity index (χ2v) is 5.25. The Kier molecular flexibility index (Phi) is 3.81. The zero-order valence-corrected chi connectivity index (χ0v) is 13.3. The van der Waals surface area contributed by atoms with Crippen molar-refractivity contribution >= 4 is 11.5 Å². The van der Waals surface area contributed by atoms with Crippen LogP contribution < -0.4 is 5.32 Å². The van der Waals surface area contributed by atoms with Gasteiger partial charge in [-0.05, 0) is 13.8 Å². The van der Waals surface area contributed by atoms with E-state index in [4.69, 9.17) is 4.74 Å². The molecule has 7 nitrogen and oxygen atoms in total. The van der Waals surface area contributed by atoms with Crippen molar-refractivity contribution in [3.05, 3.63) is 29.7 Å². The molecule has 0 radical (unpaired) electrons. The van der Waals surface area contributed by atoms with Gasteiger partial charge in [-0.2, -0.15) is 9.61 Å². The number of aryl methyl sites for hydroxylation is 2. The van der Waals surface area contributed by atoms with Crippen LogP contribution in [0.25, 0.3) is 17.2 Å². The van der Waals surface area contributed by atoms with Crippen LogP contribution in [0, 0.1) is 13.8 Å². The Labute approximate surface area is 129 Å². The van der Waals surface area contributed by atoms with Crippen molar-refractivity contribution in [3.63, 3.8) is 0 Å². The quantitative estimate of drug-likeness (QED) is 0.728. The number of hydrogen-bond acceptors (Lipinski definition) is 5. The third kappa shape index (κ3) is 2.43. The molecule has 1 N–H and O–H groups in total. The summed E-state index contributed by atoms with van der Waals surface area (Å²) in [5.41, 5.74) is 3.68. The normalized spacial score (nSPS) is 11.3. The minimum Gasteiger partial charge on any atom is -0.383 e. The number of rotatable bonds is 5. The van der Waals surface area contributed by atoms with Crippen molar-refractivity contribution < 1.29 is 4.74 Å². The lowest BCUT2D eigenvalue weighted by molar-refractivity contribution is 0.210. The first-order valence-electron chi connectivity index (χ1n) is 7.19. The fourth-order valence-electron chi connectivity index (χ4n) is 2.40. The Morgan fingerprint density at radius 2 is 2.14 bits per heavy atom. The van der Waals surface area contributed by atoms with Gasteiger partial charge in [-0.25, -0.2) is 9.97 Å². The maximum absolute atomic E-state index is 5.10. The first kappa shape index (κ1) is 14.5. The molecule has 7 heteroatoms. The highest BCUT2D eigenvalue weighted by atomic mass is 16.5. The molecule has 3 heterocycles. The monoisotopic (exact) mass is 300 g/mol. The van der Waals surface area contributed by atoms with E-state index in [2.05, 4.69) is 20.4 Å². The van der Waals surface area contributed by atoms with Gasteiger partial charge in [-0.3, -0.25) is 0 Å². The zero-order valence-electron chi connectivity index (χ0n) is 13.3. The van der Waals surface area contributed by atoms with E-state index < -0.39 is 0 Å². The van der Waals surface area contributed by atoms with Crippen molar-refractivity contribution in [1.29, 1.82) is 0 Å².